The van der Waals surface area contributed by atoms with Gasteiger partial charge >= 0.3 is 0 Å². The summed E-state index contributed by atoms with van der Waals surface area (Å²) in [5.74, 6) is 0.199. The molecule has 0 saturated carbocycles. The molecule has 67 heavy (non-hydrogen) atoms. The number of aromatic nitrogens is 1. The summed E-state index contributed by atoms with van der Waals surface area (Å²) in [6.45, 7) is 17.0. The van der Waals surface area contributed by atoms with Gasteiger partial charge in [-0.3, -0.25) is 0 Å². The first-order valence-corrected chi connectivity index (χ1v) is 23.0. The van der Waals surface area contributed by atoms with Crippen LogP contribution in [0.5, 0.6) is 0 Å². The van der Waals surface area contributed by atoms with Crippen molar-refractivity contribution in [2.45, 2.75) is 72.1 Å². The summed E-state index contributed by atoms with van der Waals surface area (Å²) < 4.78 is 97.9. The van der Waals surface area contributed by atoms with Gasteiger partial charge < -0.3 is 18.6 Å². The summed E-state index contributed by atoms with van der Waals surface area (Å²) in [6.07, 6.45) is 0. The molecule has 0 radical (unpaired) electrons. The van der Waals surface area contributed by atoms with Gasteiger partial charge in [-0.25, -0.2) is 0 Å². The number of benzene rings is 9. The average molecular weight is 880 g/mol. The fraction of sp³-hybridized carbons (Fsp3) is 0.175. The summed E-state index contributed by atoms with van der Waals surface area (Å²) in [5, 5.41) is 7.54. The first-order chi connectivity index (χ1) is 36.5. The third-order valence-electron chi connectivity index (χ3n) is 13.5. The van der Waals surface area contributed by atoms with E-state index in [1.165, 1.54) is 0 Å². The normalized spacial score (nSPS) is 14.7. The van der Waals surface area contributed by atoms with E-state index in [1.807, 2.05) is 71.6 Å². The average Bonchev–Trinajstić information content (AvgIpc) is 4.22. The van der Waals surface area contributed by atoms with E-state index in [4.69, 9.17) is 15.4 Å². The molecule has 0 aliphatic heterocycles. The van der Waals surface area contributed by atoms with Crippen molar-refractivity contribution < 1.29 is 18.1 Å². The highest BCUT2D eigenvalue weighted by Gasteiger charge is 2.27. The monoisotopic (exact) mass is 879 g/mol. The zero-order valence-electron chi connectivity index (χ0n) is 48.9. The van der Waals surface area contributed by atoms with Crippen molar-refractivity contribution in [2.24, 2.45) is 0 Å². The molecule has 0 bridgehead atoms. The minimum atomic E-state index is -0.465. The summed E-state index contributed by atoms with van der Waals surface area (Å²) in [6, 6.07) is 37.0. The molecular weight excluding hydrogens is 815 g/mol. The van der Waals surface area contributed by atoms with Crippen molar-refractivity contribution in [2.75, 3.05) is 9.80 Å². The SMILES string of the molecule is [2H]c1c([2H])c([2H])c(N(c2cccc(C(C)(C)C)c2)c2ccc3c(c2)oc2ccc4cc5c6ccc(N(c7cccc(C(C)(C)C)c7)c7c([2H])c([2H])c([2H])c([2H])c7[2H])c7c8cc(C(C)C)ccc8n(c5cc4c23)c67)c([2H])c1[2H]. The number of furan rings is 1. The molecule has 0 aliphatic rings. The zero-order valence-corrected chi connectivity index (χ0v) is 38.9. The Bertz CT molecular complexity index is 4430. The molecule has 328 valence electrons. The standard InChI is InChI=1S/C63H55N3O/c1-39(2)40-25-30-54-53(33-40)60-55(65(45-21-13-10-14-22-45)47-24-16-18-43(36-47)63(6,7)8)31-29-49-52-34-41-26-32-57-59(51(41)38-56(52)66(54)61(49)60)50-28-27-48(37-58(50)67-57)64(44-19-11-9-12-20-44)46-23-15-17-42(35-46)62(3,4)5/h9-39H,1-8H3/i9D,10D,11D,12D,13D,14D,19D,20D,21D,22D. The summed E-state index contributed by atoms with van der Waals surface area (Å²) >= 11 is 0. The van der Waals surface area contributed by atoms with Crippen LogP contribution in [0.4, 0.5) is 34.1 Å². The van der Waals surface area contributed by atoms with Crippen molar-refractivity contribution in [1.82, 2.24) is 4.40 Å². The first kappa shape index (κ1) is 31.4. The van der Waals surface area contributed by atoms with Gasteiger partial charge in [-0.05, 0) is 141 Å². The topological polar surface area (TPSA) is 24.0 Å². The number of fused-ring (bicyclic) bond motifs is 11. The van der Waals surface area contributed by atoms with Crippen LogP contribution < -0.4 is 9.80 Å². The van der Waals surface area contributed by atoms with Crippen LogP contribution in [-0.2, 0) is 10.8 Å². The Morgan fingerprint density at radius 1 is 0.478 bits per heavy atom. The minimum Gasteiger partial charge on any atom is -0.456 e. The van der Waals surface area contributed by atoms with E-state index in [0.717, 1.165) is 76.3 Å². The Hall–Kier alpha value is -7.56. The third-order valence-corrected chi connectivity index (χ3v) is 13.5. The number of hydrogen-bond acceptors (Lipinski definition) is 3. The van der Waals surface area contributed by atoms with Gasteiger partial charge in [0.2, 0.25) is 0 Å². The molecular formula is C63H55N3O. The van der Waals surface area contributed by atoms with Crippen molar-refractivity contribution >= 4 is 105 Å². The maximum absolute atomic E-state index is 9.37. The van der Waals surface area contributed by atoms with Crippen LogP contribution >= 0.6 is 0 Å². The lowest BCUT2D eigenvalue weighted by Gasteiger charge is -2.28. The quantitative estimate of drug-likeness (QED) is 0.159. The van der Waals surface area contributed by atoms with Crippen molar-refractivity contribution in [3.05, 3.63) is 198 Å². The summed E-state index contributed by atoms with van der Waals surface area (Å²) in [5.41, 5.74) is 9.37. The smallest absolute Gasteiger partial charge is 0.137 e. The van der Waals surface area contributed by atoms with E-state index in [0.29, 0.717) is 33.9 Å². The Kier molecular flexibility index (Phi) is 7.02. The summed E-state index contributed by atoms with van der Waals surface area (Å²) in [4.78, 5) is 3.58. The van der Waals surface area contributed by atoms with Gasteiger partial charge in [0, 0.05) is 66.8 Å². The lowest BCUT2D eigenvalue weighted by atomic mass is 9.87. The number of rotatable bonds is 7. The summed E-state index contributed by atoms with van der Waals surface area (Å²) in [7, 11) is 0. The highest BCUT2D eigenvalue weighted by Crippen LogP contribution is 2.50. The zero-order chi connectivity index (χ0) is 54.6. The third kappa shape index (κ3) is 6.56. The molecule has 4 heteroatoms. The van der Waals surface area contributed by atoms with Crippen molar-refractivity contribution in [3.8, 4) is 0 Å². The van der Waals surface area contributed by atoms with Gasteiger partial charge in [0.05, 0.1) is 35.9 Å². The molecule has 0 saturated heterocycles. The van der Waals surface area contributed by atoms with E-state index in [1.54, 1.807) is 4.90 Å². The second-order valence-corrected chi connectivity index (χ2v) is 20.2. The molecule has 0 spiro atoms. The molecule has 0 N–H and O–H groups in total. The predicted octanol–water partition coefficient (Wildman–Crippen LogP) is 18.5. The van der Waals surface area contributed by atoms with Crippen LogP contribution in [0.1, 0.15) is 91.7 Å². The highest BCUT2D eigenvalue weighted by atomic mass is 16.3. The Balaban J connectivity index is 1.13. The van der Waals surface area contributed by atoms with Crippen LogP contribution in [0.15, 0.2) is 186 Å². The number of hydrogen-bond donors (Lipinski definition) is 0. The van der Waals surface area contributed by atoms with Gasteiger partial charge in [-0.15, -0.1) is 0 Å². The molecule has 0 unspecified atom stereocenters. The predicted molar refractivity (Wildman–Crippen MR) is 287 cm³/mol. The molecule has 0 fully saturated rings. The van der Waals surface area contributed by atoms with Gasteiger partial charge in [0.15, 0.2) is 0 Å². The molecule has 12 rings (SSSR count). The van der Waals surface area contributed by atoms with Crippen LogP contribution in [0, 0.1) is 0 Å². The molecule has 12 aromatic rings. The van der Waals surface area contributed by atoms with Gasteiger partial charge in [-0.1, -0.05) is 134 Å². The van der Waals surface area contributed by atoms with E-state index < -0.39 is 36.3 Å². The fourth-order valence-electron chi connectivity index (χ4n) is 10.1. The van der Waals surface area contributed by atoms with Crippen LogP contribution in [-0.4, -0.2) is 4.40 Å². The molecule has 3 heterocycles. The second kappa shape index (κ2) is 15.0. The first-order valence-electron chi connectivity index (χ1n) is 28.0. The van der Waals surface area contributed by atoms with Crippen LogP contribution in [0.3, 0.4) is 0 Å². The number of para-hydroxylation sites is 2. The fourth-order valence-corrected chi connectivity index (χ4v) is 10.1. The molecule has 3 aromatic heterocycles. The van der Waals surface area contributed by atoms with Crippen molar-refractivity contribution in [1.29, 1.82) is 0 Å². The van der Waals surface area contributed by atoms with E-state index >= 15 is 0 Å². The van der Waals surface area contributed by atoms with Crippen LogP contribution in [0.2, 0.25) is 0 Å². The van der Waals surface area contributed by atoms with E-state index in [2.05, 4.69) is 114 Å². The van der Waals surface area contributed by atoms with E-state index in [-0.39, 0.29) is 52.3 Å². The largest absolute Gasteiger partial charge is 0.456 e. The molecule has 0 aliphatic carbocycles. The second-order valence-electron chi connectivity index (χ2n) is 20.2. The van der Waals surface area contributed by atoms with Crippen molar-refractivity contribution in [3.63, 3.8) is 0 Å². The van der Waals surface area contributed by atoms with Crippen LogP contribution in [0.25, 0.3) is 70.8 Å². The maximum atomic E-state index is 9.37. The minimum absolute atomic E-state index is 0.0295. The number of nitrogens with zero attached hydrogens (tertiary/aromatic N) is 3. The lowest BCUT2D eigenvalue weighted by molar-refractivity contribution is 0.590. The van der Waals surface area contributed by atoms with Gasteiger partial charge in [-0.2, -0.15) is 0 Å². The Morgan fingerprint density at radius 2 is 1.10 bits per heavy atom. The lowest BCUT2D eigenvalue weighted by Crippen LogP contribution is -2.14. The Morgan fingerprint density at radius 3 is 1.76 bits per heavy atom. The molecule has 0 atom stereocenters. The van der Waals surface area contributed by atoms with E-state index in [9.17, 15) is 2.74 Å². The highest BCUT2D eigenvalue weighted by molar-refractivity contribution is 6.30. The molecule has 4 nitrogen and oxygen atoms in total. The Labute approximate surface area is 406 Å². The van der Waals surface area contributed by atoms with Gasteiger partial charge in [0.1, 0.15) is 11.2 Å². The van der Waals surface area contributed by atoms with Gasteiger partial charge in [0.25, 0.3) is 0 Å². The molecule has 0 amide bonds. The maximum Gasteiger partial charge on any atom is 0.137 e. The molecule has 9 aromatic carbocycles. The number of anilines is 6.